The van der Waals surface area contributed by atoms with E-state index < -0.39 is 0 Å². The molecule has 104 valence electrons. The summed E-state index contributed by atoms with van der Waals surface area (Å²) in [5.41, 5.74) is 2.44. The lowest BCUT2D eigenvalue weighted by Crippen LogP contribution is -2.20. The van der Waals surface area contributed by atoms with Gasteiger partial charge in [0.25, 0.3) is 5.56 Å². The van der Waals surface area contributed by atoms with Crippen molar-refractivity contribution in [2.45, 2.75) is 12.8 Å². The lowest BCUT2D eigenvalue weighted by molar-refractivity contribution is 0.708. The number of nitrogens with zero attached hydrogens (tertiary/aromatic N) is 1. The first-order valence-corrected chi connectivity index (χ1v) is 6.95. The number of rotatable bonds is 2. The maximum absolute atomic E-state index is 12.1. The summed E-state index contributed by atoms with van der Waals surface area (Å²) in [4.78, 5) is 19.4. The van der Waals surface area contributed by atoms with E-state index in [0.29, 0.717) is 11.0 Å². The molecule has 0 aliphatic carbocycles. The van der Waals surface area contributed by atoms with Crippen LogP contribution in [0.3, 0.4) is 0 Å². The summed E-state index contributed by atoms with van der Waals surface area (Å²) < 4.78 is 0. The maximum atomic E-state index is 12.1. The van der Waals surface area contributed by atoms with Gasteiger partial charge in [-0.25, -0.2) is 4.98 Å². The lowest BCUT2D eigenvalue weighted by Gasteiger charge is -2.09. The molecule has 1 aliphatic heterocycles. The predicted octanol–water partition coefficient (Wildman–Crippen LogP) is 1.86. The quantitative estimate of drug-likeness (QED) is 0.789. The van der Waals surface area contributed by atoms with Gasteiger partial charge >= 0.3 is 0 Å². The average Bonchev–Trinajstić information content (AvgIpc) is 2.67. The Balaban J connectivity index is 1.91. The summed E-state index contributed by atoms with van der Waals surface area (Å²) in [6.07, 6.45) is 1.49. The van der Waals surface area contributed by atoms with Crippen LogP contribution in [0, 0.1) is 0 Å². The number of hydrogen-bond donors (Lipinski definition) is 3. The molecule has 5 nitrogen and oxygen atoms in total. The number of aromatic amines is 1. The smallest absolute Gasteiger partial charge is 0.255 e. The highest BCUT2D eigenvalue weighted by Crippen LogP contribution is 2.17. The molecular formula is C14H15ClN4O. The van der Waals surface area contributed by atoms with Crippen molar-refractivity contribution < 1.29 is 0 Å². The Kier molecular flexibility index (Phi) is 3.71. The fourth-order valence-corrected chi connectivity index (χ4v) is 2.41. The molecule has 20 heavy (non-hydrogen) atoms. The van der Waals surface area contributed by atoms with Gasteiger partial charge in [-0.2, -0.15) is 0 Å². The van der Waals surface area contributed by atoms with E-state index in [-0.39, 0.29) is 5.56 Å². The number of H-pyrrole nitrogens is 1. The molecule has 0 unspecified atom stereocenters. The van der Waals surface area contributed by atoms with Gasteiger partial charge in [0.05, 0.1) is 5.69 Å². The van der Waals surface area contributed by atoms with Crippen LogP contribution in [0.1, 0.15) is 11.3 Å². The molecule has 0 saturated carbocycles. The fraction of sp³-hybridized carbons (Fsp3) is 0.286. The highest BCUT2D eigenvalue weighted by molar-refractivity contribution is 6.30. The molecule has 3 N–H and O–H groups in total. The minimum absolute atomic E-state index is 0.0600. The largest absolute Gasteiger partial charge is 0.326 e. The first-order chi connectivity index (χ1) is 9.72. The van der Waals surface area contributed by atoms with Crippen molar-refractivity contribution in [3.63, 3.8) is 0 Å². The second-order valence-electron chi connectivity index (χ2n) is 4.72. The van der Waals surface area contributed by atoms with Crippen LogP contribution in [0.25, 0.3) is 0 Å². The molecule has 0 atom stereocenters. The van der Waals surface area contributed by atoms with Crippen molar-refractivity contribution in [2.24, 2.45) is 0 Å². The van der Waals surface area contributed by atoms with Crippen LogP contribution in [0.15, 0.2) is 29.1 Å². The molecule has 0 saturated heterocycles. The van der Waals surface area contributed by atoms with Crippen LogP contribution < -0.4 is 16.2 Å². The number of aromatic nitrogens is 2. The Bertz CT molecular complexity index is 666. The van der Waals surface area contributed by atoms with Crippen molar-refractivity contribution in [1.29, 1.82) is 0 Å². The van der Waals surface area contributed by atoms with Gasteiger partial charge < -0.3 is 10.6 Å². The van der Waals surface area contributed by atoms with Gasteiger partial charge in [0.15, 0.2) is 0 Å². The van der Waals surface area contributed by atoms with Crippen LogP contribution in [-0.2, 0) is 12.8 Å². The Morgan fingerprint density at radius 3 is 2.70 bits per heavy atom. The van der Waals surface area contributed by atoms with Gasteiger partial charge in [0, 0.05) is 29.2 Å². The number of nitrogens with one attached hydrogen (secondary N) is 3. The second-order valence-corrected chi connectivity index (χ2v) is 5.16. The van der Waals surface area contributed by atoms with E-state index in [2.05, 4.69) is 20.6 Å². The van der Waals surface area contributed by atoms with Gasteiger partial charge in [0.2, 0.25) is 5.95 Å². The molecule has 0 spiro atoms. The zero-order valence-electron chi connectivity index (χ0n) is 10.9. The van der Waals surface area contributed by atoms with Gasteiger partial charge in [0.1, 0.15) is 0 Å². The van der Waals surface area contributed by atoms with Crippen molar-refractivity contribution in [3.05, 3.63) is 50.9 Å². The van der Waals surface area contributed by atoms with Crippen LogP contribution in [0.4, 0.5) is 11.6 Å². The molecule has 2 heterocycles. The van der Waals surface area contributed by atoms with Crippen LogP contribution in [0.2, 0.25) is 5.02 Å². The lowest BCUT2D eigenvalue weighted by atomic mass is 10.1. The number of benzene rings is 1. The Morgan fingerprint density at radius 2 is 1.90 bits per heavy atom. The highest BCUT2D eigenvalue weighted by atomic mass is 35.5. The van der Waals surface area contributed by atoms with Crippen LogP contribution >= 0.6 is 11.6 Å². The van der Waals surface area contributed by atoms with Gasteiger partial charge in [-0.3, -0.25) is 9.78 Å². The SMILES string of the molecule is O=c1[nH]c(Nc2ccc(Cl)cc2)nc2c1CCNCC2. The third-order valence-corrected chi connectivity index (χ3v) is 3.55. The topological polar surface area (TPSA) is 69.8 Å². The van der Waals surface area contributed by atoms with Crippen molar-refractivity contribution >= 4 is 23.2 Å². The van der Waals surface area contributed by atoms with E-state index in [1.54, 1.807) is 12.1 Å². The molecule has 1 aliphatic rings. The molecule has 1 aromatic heterocycles. The number of halogens is 1. The molecule has 0 bridgehead atoms. The predicted molar refractivity (Wildman–Crippen MR) is 79.9 cm³/mol. The summed E-state index contributed by atoms with van der Waals surface area (Å²) in [7, 11) is 0. The number of anilines is 2. The zero-order chi connectivity index (χ0) is 13.9. The first kappa shape index (κ1) is 13.1. The fourth-order valence-electron chi connectivity index (χ4n) is 2.28. The molecular weight excluding hydrogens is 276 g/mol. The standard InChI is InChI=1S/C14H15ClN4O/c15-9-1-3-10(4-2-9)17-14-18-12-6-8-16-7-5-11(12)13(20)19-14/h1-4,16H,5-8H2,(H2,17,18,19,20). The Labute approximate surface area is 121 Å². The highest BCUT2D eigenvalue weighted by Gasteiger charge is 2.14. The van der Waals surface area contributed by atoms with Crippen molar-refractivity contribution in [3.8, 4) is 0 Å². The zero-order valence-corrected chi connectivity index (χ0v) is 11.6. The minimum atomic E-state index is -0.0600. The number of fused-ring (bicyclic) bond motifs is 1. The van der Waals surface area contributed by atoms with E-state index in [1.165, 1.54) is 0 Å². The molecule has 6 heteroatoms. The first-order valence-electron chi connectivity index (χ1n) is 6.58. The molecule has 0 radical (unpaired) electrons. The van der Waals surface area contributed by atoms with E-state index in [0.717, 1.165) is 42.9 Å². The summed E-state index contributed by atoms with van der Waals surface area (Å²) in [6, 6.07) is 7.26. The van der Waals surface area contributed by atoms with Crippen molar-refractivity contribution in [2.75, 3.05) is 18.4 Å². The van der Waals surface area contributed by atoms with Crippen LogP contribution in [0.5, 0.6) is 0 Å². The number of hydrogen-bond acceptors (Lipinski definition) is 4. The van der Waals surface area contributed by atoms with Crippen LogP contribution in [-0.4, -0.2) is 23.1 Å². The summed E-state index contributed by atoms with van der Waals surface area (Å²) in [5.74, 6) is 0.470. The Hall–Kier alpha value is -1.85. The third-order valence-electron chi connectivity index (χ3n) is 3.30. The maximum Gasteiger partial charge on any atom is 0.255 e. The monoisotopic (exact) mass is 290 g/mol. The van der Waals surface area contributed by atoms with E-state index in [9.17, 15) is 4.79 Å². The van der Waals surface area contributed by atoms with E-state index >= 15 is 0 Å². The summed E-state index contributed by atoms with van der Waals surface area (Å²) in [6.45, 7) is 1.67. The molecule has 0 fully saturated rings. The third kappa shape index (κ3) is 2.84. The normalized spacial score (nSPS) is 14.4. The molecule has 0 amide bonds. The van der Waals surface area contributed by atoms with Crippen molar-refractivity contribution in [1.82, 2.24) is 15.3 Å². The van der Waals surface area contributed by atoms with E-state index in [1.807, 2.05) is 12.1 Å². The minimum Gasteiger partial charge on any atom is -0.326 e. The molecule has 1 aromatic carbocycles. The average molecular weight is 291 g/mol. The molecule has 3 rings (SSSR count). The summed E-state index contributed by atoms with van der Waals surface area (Å²) in [5, 5.41) is 7.04. The van der Waals surface area contributed by atoms with Gasteiger partial charge in [-0.15, -0.1) is 0 Å². The Morgan fingerprint density at radius 1 is 1.15 bits per heavy atom. The van der Waals surface area contributed by atoms with Gasteiger partial charge in [-0.05, 0) is 37.2 Å². The summed E-state index contributed by atoms with van der Waals surface area (Å²) >= 11 is 5.84. The van der Waals surface area contributed by atoms with E-state index in [4.69, 9.17) is 11.6 Å². The molecule has 2 aromatic rings. The second kappa shape index (κ2) is 5.64. The van der Waals surface area contributed by atoms with Gasteiger partial charge in [-0.1, -0.05) is 11.6 Å².